The Hall–Kier alpha value is -3.07. The summed E-state index contributed by atoms with van der Waals surface area (Å²) >= 11 is 0. The molecule has 0 bridgehead atoms. The summed E-state index contributed by atoms with van der Waals surface area (Å²) in [5, 5.41) is 8.26. The van der Waals surface area contributed by atoms with Gasteiger partial charge in [-0.05, 0) is 31.9 Å². The van der Waals surface area contributed by atoms with E-state index in [1.54, 1.807) is 40.8 Å². The van der Waals surface area contributed by atoms with Crippen LogP contribution in [-0.4, -0.2) is 35.6 Å². The van der Waals surface area contributed by atoms with Crippen LogP contribution in [0.4, 0.5) is 4.39 Å². The Labute approximate surface area is 152 Å². The Morgan fingerprint density at radius 3 is 2.96 bits per heavy atom. The Balaban J connectivity index is 1.84. The lowest BCUT2D eigenvalue weighted by molar-refractivity contribution is 0.0112. The number of hydrogen-bond donors (Lipinski definition) is 0. The van der Waals surface area contributed by atoms with Gasteiger partial charge in [0, 0.05) is 13.7 Å². The molecule has 9 heteroatoms. The molecule has 1 aromatic carbocycles. The van der Waals surface area contributed by atoms with Crippen molar-refractivity contribution in [3.8, 4) is 5.82 Å². The lowest BCUT2D eigenvalue weighted by Gasteiger charge is -2.22. The number of rotatable bonds is 2. The number of ether oxygens (including phenoxy) is 1. The molecular weight excluding hydrogens is 351 g/mol. The van der Waals surface area contributed by atoms with Gasteiger partial charge in [0.25, 0.3) is 5.56 Å². The molecule has 4 aromatic rings. The summed E-state index contributed by atoms with van der Waals surface area (Å²) in [5.41, 5.74) is 0.791. The van der Waals surface area contributed by atoms with Crippen molar-refractivity contribution in [2.24, 2.45) is 7.05 Å². The van der Waals surface area contributed by atoms with Gasteiger partial charge in [-0.25, -0.2) is 9.37 Å². The summed E-state index contributed by atoms with van der Waals surface area (Å²) in [4.78, 5) is 17.3. The number of nitrogens with zero attached hydrogens (tertiary/aromatic N) is 6. The normalized spacial score (nSPS) is 20.1. The second kappa shape index (κ2) is 5.46. The van der Waals surface area contributed by atoms with Crippen molar-refractivity contribution in [3.05, 3.63) is 52.6 Å². The summed E-state index contributed by atoms with van der Waals surface area (Å²) < 4.78 is 24.9. The molecule has 0 saturated carbocycles. The second-order valence-electron chi connectivity index (χ2n) is 6.97. The Bertz CT molecular complexity index is 1250. The van der Waals surface area contributed by atoms with Crippen LogP contribution in [0, 0.1) is 5.82 Å². The Morgan fingerprint density at radius 2 is 2.19 bits per heavy atom. The molecule has 27 heavy (non-hydrogen) atoms. The molecule has 0 aliphatic carbocycles. The molecule has 4 heterocycles. The number of fused-ring (bicyclic) bond motifs is 3. The molecule has 0 amide bonds. The highest BCUT2D eigenvalue weighted by Gasteiger charge is 2.36. The minimum atomic E-state index is -0.557. The molecule has 8 nitrogen and oxygen atoms in total. The lowest BCUT2D eigenvalue weighted by atomic mass is 9.99. The van der Waals surface area contributed by atoms with E-state index in [1.165, 1.54) is 10.6 Å². The number of hydrogen-bond acceptors (Lipinski definition) is 5. The van der Waals surface area contributed by atoms with Crippen molar-refractivity contribution in [2.75, 3.05) is 6.61 Å². The average molecular weight is 368 g/mol. The molecule has 138 valence electrons. The zero-order chi connectivity index (χ0) is 18.8. The van der Waals surface area contributed by atoms with Gasteiger partial charge in [0.2, 0.25) is 0 Å². The van der Waals surface area contributed by atoms with Crippen molar-refractivity contribution < 1.29 is 9.13 Å². The number of benzene rings is 1. The smallest absolute Gasteiger partial charge is 0.264 e. The van der Waals surface area contributed by atoms with E-state index in [9.17, 15) is 9.18 Å². The van der Waals surface area contributed by atoms with E-state index >= 15 is 0 Å². The maximum absolute atomic E-state index is 14.3. The van der Waals surface area contributed by atoms with Gasteiger partial charge < -0.3 is 4.74 Å². The van der Waals surface area contributed by atoms with Crippen LogP contribution in [0.1, 0.15) is 25.5 Å². The first-order chi connectivity index (χ1) is 13.0. The quantitative estimate of drug-likeness (QED) is 0.540. The van der Waals surface area contributed by atoms with E-state index < -0.39 is 17.0 Å². The zero-order valence-corrected chi connectivity index (χ0v) is 14.9. The van der Waals surface area contributed by atoms with Crippen LogP contribution in [0.25, 0.3) is 22.4 Å². The van der Waals surface area contributed by atoms with Crippen LogP contribution in [0.3, 0.4) is 0 Å². The highest BCUT2D eigenvalue weighted by molar-refractivity contribution is 5.82. The first kappa shape index (κ1) is 16.1. The van der Waals surface area contributed by atoms with Crippen molar-refractivity contribution >= 4 is 16.6 Å². The van der Waals surface area contributed by atoms with E-state index in [0.29, 0.717) is 23.6 Å². The van der Waals surface area contributed by atoms with Crippen LogP contribution >= 0.6 is 0 Å². The number of halogens is 1. The van der Waals surface area contributed by atoms with Gasteiger partial charge in [0.1, 0.15) is 17.7 Å². The summed E-state index contributed by atoms with van der Waals surface area (Å²) in [7, 11) is 1.60. The predicted octanol–water partition coefficient (Wildman–Crippen LogP) is 1.93. The molecule has 0 radical (unpaired) electrons. The van der Waals surface area contributed by atoms with Crippen molar-refractivity contribution in [3.63, 3.8) is 0 Å². The maximum atomic E-state index is 14.3. The van der Waals surface area contributed by atoms with Gasteiger partial charge >= 0.3 is 0 Å². The van der Waals surface area contributed by atoms with E-state index in [2.05, 4.69) is 15.3 Å². The zero-order valence-electron chi connectivity index (χ0n) is 14.9. The fourth-order valence-corrected chi connectivity index (χ4v) is 3.89. The van der Waals surface area contributed by atoms with Crippen molar-refractivity contribution in [1.29, 1.82) is 0 Å². The lowest BCUT2D eigenvalue weighted by Crippen LogP contribution is -2.25. The van der Waals surface area contributed by atoms with Crippen LogP contribution in [-0.2, 0) is 17.4 Å². The van der Waals surface area contributed by atoms with E-state index in [4.69, 9.17) is 4.74 Å². The second-order valence-corrected chi connectivity index (χ2v) is 6.97. The summed E-state index contributed by atoms with van der Waals surface area (Å²) in [6.07, 6.45) is 5.03. The molecule has 1 aliphatic rings. The molecule has 3 aromatic heterocycles. The van der Waals surface area contributed by atoms with E-state index in [0.717, 1.165) is 18.5 Å². The molecule has 0 spiro atoms. The topological polar surface area (TPSA) is 79.2 Å². The predicted molar refractivity (Wildman–Crippen MR) is 95.4 cm³/mol. The molecular formula is C18H17FN6O2. The third-order valence-corrected chi connectivity index (χ3v) is 5.32. The molecule has 1 atom stereocenters. The summed E-state index contributed by atoms with van der Waals surface area (Å²) in [6, 6.07) is 4.55. The summed E-state index contributed by atoms with van der Waals surface area (Å²) in [5.74, 6) is -0.108. The third-order valence-electron chi connectivity index (χ3n) is 5.32. The fraction of sp³-hybridized carbons (Fsp3) is 0.333. The van der Waals surface area contributed by atoms with Crippen LogP contribution in [0.5, 0.6) is 0 Å². The standard InChI is InChI=1S/C18H17FN6O2/c1-18(7-4-8-27-18)13-9-21-22-25(13)15-16-23(2)17(26)14-11(19)5-3-6-12(14)24(16)10-20-15/h3,5-6,9-10H,4,7-8H2,1-2H3. The van der Waals surface area contributed by atoms with Crippen LogP contribution in [0.2, 0.25) is 0 Å². The van der Waals surface area contributed by atoms with E-state index in [-0.39, 0.29) is 5.39 Å². The van der Waals surface area contributed by atoms with Gasteiger partial charge in [-0.2, -0.15) is 4.68 Å². The van der Waals surface area contributed by atoms with Crippen molar-refractivity contribution in [1.82, 2.24) is 28.9 Å². The molecule has 5 rings (SSSR count). The largest absolute Gasteiger partial charge is 0.369 e. The highest BCUT2D eigenvalue weighted by Crippen LogP contribution is 2.36. The molecule has 0 N–H and O–H groups in total. The van der Waals surface area contributed by atoms with Gasteiger partial charge in [0.05, 0.1) is 22.8 Å². The van der Waals surface area contributed by atoms with Crippen LogP contribution < -0.4 is 5.56 Å². The van der Waals surface area contributed by atoms with Crippen LogP contribution in [0.15, 0.2) is 35.5 Å². The highest BCUT2D eigenvalue weighted by atomic mass is 19.1. The van der Waals surface area contributed by atoms with Crippen molar-refractivity contribution in [2.45, 2.75) is 25.4 Å². The molecule has 1 fully saturated rings. The Kier molecular flexibility index (Phi) is 3.26. The van der Waals surface area contributed by atoms with Gasteiger partial charge in [0.15, 0.2) is 11.5 Å². The third kappa shape index (κ3) is 2.11. The van der Waals surface area contributed by atoms with Gasteiger partial charge in [-0.1, -0.05) is 11.3 Å². The maximum Gasteiger partial charge on any atom is 0.264 e. The minimum Gasteiger partial charge on any atom is -0.369 e. The SMILES string of the molecule is Cn1c(=O)c2c(F)cccc2n2cnc(-n3nncc3C3(C)CCCO3)c12. The van der Waals surface area contributed by atoms with Gasteiger partial charge in [-0.15, -0.1) is 5.10 Å². The first-order valence-electron chi connectivity index (χ1n) is 8.71. The monoisotopic (exact) mass is 368 g/mol. The molecule has 1 unspecified atom stereocenters. The number of imidazole rings is 1. The number of aryl methyl sites for hydroxylation is 1. The van der Waals surface area contributed by atoms with Gasteiger partial charge in [-0.3, -0.25) is 13.8 Å². The molecule has 1 aliphatic heterocycles. The number of aromatic nitrogens is 6. The first-order valence-corrected chi connectivity index (χ1v) is 8.71. The minimum absolute atomic E-state index is 0.0290. The Morgan fingerprint density at radius 1 is 1.33 bits per heavy atom. The van der Waals surface area contributed by atoms with E-state index in [1.807, 2.05) is 6.92 Å². The average Bonchev–Trinajstić information content (AvgIpc) is 3.38. The fourth-order valence-electron chi connectivity index (χ4n) is 3.89. The molecule has 1 saturated heterocycles. The summed E-state index contributed by atoms with van der Waals surface area (Å²) in [6.45, 7) is 2.67.